The first-order valence-electron chi connectivity index (χ1n) is 11.3. The van der Waals surface area contributed by atoms with Gasteiger partial charge < -0.3 is 14.8 Å². The van der Waals surface area contributed by atoms with Crippen molar-refractivity contribution in [1.82, 2.24) is 10.2 Å². The normalized spacial score (nSPS) is 16.3. The molecular formula is C24H31N3O5S. The number of fused-ring (bicyclic) bond motifs is 1. The van der Waals surface area contributed by atoms with E-state index in [1.807, 2.05) is 18.2 Å². The Hall–Kier alpha value is -2.78. The highest BCUT2D eigenvalue weighted by atomic mass is 32.2. The minimum absolute atomic E-state index is 0.313. The molecule has 0 saturated carbocycles. The molecule has 2 heterocycles. The molecule has 0 aromatic heterocycles. The van der Waals surface area contributed by atoms with E-state index in [-0.39, 0.29) is 12.5 Å². The molecular weight excluding hydrogens is 442 g/mol. The largest absolute Gasteiger partial charge is 0.486 e. The number of nitrogens with zero attached hydrogens (tertiary/aromatic N) is 2. The van der Waals surface area contributed by atoms with Gasteiger partial charge in [-0.3, -0.25) is 14.0 Å². The molecule has 178 valence electrons. The van der Waals surface area contributed by atoms with Crippen LogP contribution in [0, 0.1) is 0 Å². The summed E-state index contributed by atoms with van der Waals surface area (Å²) in [6, 6.07) is 12.9. The first-order chi connectivity index (χ1) is 15.9. The van der Waals surface area contributed by atoms with Gasteiger partial charge in [-0.15, -0.1) is 0 Å². The lowest BCUT2D eigenvalue weighted by Gasteiger charge is -2.27. The number of ether oxygens (including phenoxy) is 2. The molecule has 0 unspecified atom stereocenters. The Morgan fingerprint density at radius 2 is 1.70 bits per heavy atom. The molecule has 2 aliphatic rings. The third-order valence-electron chi connectivity index (χ3n) is 5.94. The molecule has 2 aromatic rings. The van der Waals surface area contributed by atoms with Gasteiger partial charge in [0.15, 0.2) is 11.5 Å². The van der Waals surface area contributed by atoms with Gasteiger partial charge in [-0.1, -0.05) is 30.7 Å². The lowest BCUT2D eigenvalue weighted by molar-refractivity contribution is -0.119. The smallest absolute Gasteiger partial charge is 0.241 e. The van der Waals surface area contributed by atoms with Crippen LogP contribution in [0.25, 0.3) is 0 Å². The van der Waals surface area contributed by atoms with E-state index >= 15 is 0 Å². The van der Waals surface area contributed by atoms with Crippen LogP contribution >= 0.6 is 0 Å². The Labute approximate surface area is 195 Å². The number of anilines is 1. The number of likely N-dealkylation sites (tertiary alicyclic amines) is 1. The number of piperidine rings is 1. The topological polar surface area (TPSA) is 88.2 Å². The summed E-state index contributed by atoms with van der Waals surface area (Å²) in [4.78, 5) is 15.2. The molecule has 0 spiro atoms. The van der Waals surface area contributed by atoms with Gasteiger partial charge in [-0.05, 0) is 49.2 Å². The number of amides is 1. The fourth-order valence-corrected chi connectivity index (χ4v) is 5.06. The summed E-state index contributed by atoms with van der Waals surface area (Å²) in [6.07, 6.45) is 4.82. The number of sulfonamides is 1. The number of hydrogen-bond acceptors (Lipinski definition) is 6. The van der Waals surface area contributed by atoms with Crippen LogP contribution in [-0.4, -0.2) is 58.3 Å². The molecule has 1 fully saturated rings. The Kier molecular flexibility index (Phi) is 7.39. The minimum atomic E-state index is -3.68. The standard InChI is InChI=1S/C24H31N3O5S/c1-33(29,30)27(21-9-10-22-23(15-21)32-14-13-31-22)18-24(28)25-16-19-7-3-4-8-20(19)17-26-11-5-2-6-12-26/h3-4,7-10,15H,2,5-6,11-14,16-18H2,1H3,(H,25,28). The molecule has 0 atom stereocenters. The fourth-order valence-electron chi connectivity index (χ4n) is 4.21. The first-order valence-corrected chi connectivity index (χ1v) is 13.2. The zero-order valence-electron chi connectivity index (χ0n) is 19.0. The maximum Gasteiger partial charge on any atom is 0.241 e. The van der Waals surface area contributed by atoms with Crippen LogP contribution in [0.15, 0.2) is 42.5 Å². The molecule has 2 aliphatic heterocycles. The van der Waals surface area contributed by atoms with Crippen LogP contribution in [0.3, 0.4) is 0 Å². The maximum atomic E-state index is 12.8. The van der Waals surface area contributed by atoms with Crippen molar-refractivity contribution < 1.29 is 22.7 Å². The van der Waals surface area contributed by atoms with E-state index in [4.69, 9.17) is 9.47 Å². The van der Waals surface area contributed by atoms with Crippen LogP contribution in [0.2, 0.25) is 0 Å². The van der Waals surface area contributed by atoms with Crippen molar-refractivity contribution in [2.24, 2.45) is 0 Å². The molecule has 1 amide bonds. The monoisotopic (exact) mass is 473 g/mol. The maximum absolute atomic E-state index is 12.8. The predicted octanol–water partition coefficient (Wildman–Crippen LogP) is 2.53. The van der Waals surface area contributed by atoms with Gasteiger partial charge in [0.05, 0.1) is 11.9 Å². The van der Waals surface area contributed by atoms with Crippen LogP contribution in [0.5, 0.6) is 11.5 Å². The molecule has 0 radical (unpaired) electrons. The van der Waals surface area contributed by atoms with Gasteiger partial charge in [0.2, 0.25) is 15.9 Å². The highest BCUT2D eigenvalue weighted by Gasteiger charge is 2.23. The SMILES string of the molecule is CS(=O)(=O)N(CC(=O)NCc1ccccc1CN1CCCCC1)c1ccc2c(c1)OCCO2. The number of rotatable bonds is 8. The van der Waals surface area contributed by atoms with E-state index in [0.29, 0.717) is 36.9 Å². The molecule has 2 aromatic carbocycles. The molecule has 0 aliphatic carbocycles. The van der Waals surface area contributed by atoms with Crippen molar-refractivity contribution in [2.45, 2.75) is 32.4 Å². The van der Waals surface area contributed by atoms with Crippen LogP contribution in [-0.2, 0) is 27.9 Å². The van der Waals surface area contributed by atoms with Crippen molar-refractivity contribution in [1.29, 1.82) is 0 Å². The Morgan fingerprint density at radius 1 is 1.00 bits per heavy atom. The van der Waals surface area contributed by atoms with E-state index in [2.05, 4.69) is 16.3 Å². The minimum Gasteiger partial charge on any atom is -0.486 e. The summed E-state index contributed by atoms with van der Waals surface area (Å²) in [6.45, 7) is 3.93. The third kappa shape index (κ3) is 6.17. The summed E-state index contributed by atoms with van der Waals surface area (Å²) in [7, 11) is -3.68. The van der Waals surface area contributed by atoms with Crippen molar-refractivity contribution in [2.75, 3.05) is 43.4 Å². The molecule has 1 N–H and O–H groups in total. The van der Waals surface area contributed by atoms with Gasteiger partial charge in [0.25, 0.3) is 0 Å². The van der Waals surface area contributed by atoms with Gasteiger partial charge in [-0.25, -0.2) is 8.42 Å². The molecule has 33 heavy (non-hydrogen) atoms. The Balaban J connectivity index is 1.42. The lowest BCUT2D eigenvalue weighted by atomic mass is 10.0. The summed E-state index contributed by atoms with van der Waals surface area (Å²) in [5, 5.41) is 2.89. The summed E-state index contributed by atoms with van der Waals surface area (Å²) in [5.41, 5.74) is 2.59. The molecule has 8 nitrogen and oxygen atoms in total. The van der Waals surface area contributed by atoms with Crippen molar-refractivity contribution >= 4 is 21.6 Å². The number of benzene rings is 2. The van der Waals surface area contributed by atoms with Crippen molar-refractivity contribution in [3.8, 4) is 11.5 Å². The first kappa shape index (κ1) is 23.4. The van der Waals surface area contributed by atoms with Gasteiger partial charge in [0, 0.05) is 19.2 Å². The van der Waals surface area contributed by atoms with E-state index in [1.165, 1.54) is 24.8 Å². The van der Waals surface area contributed by atoms with E-state index in [9.17, 15) is 13.2 Å². The molecule has 0 bridgehead atoms. The number of carbonyl (C=O) groups is 1. The second-order valence-electron chi connectivity index (χ2n) is 8.48. The second-order valence-corrected chi connectivity index (χ2v) is 10.4. The van der Waals surface area contributed by atoms with Crippen LogP contribution in [0.4, 0.5) is 5.69 Å². The van der Waals surface area contributed by atoms with E-state index in [0.717, 1.165) is 35.8 Å². The second kappa shape index (κ2) is 10.4. The van der Waals surface area contributed by atoms with Gasteiger partial charge >= 0.3 is 0 Å². The number of carbonyl (C=O) groups excluding carboxylic acids is 1. The molecule has 9 heteroatoms. The highest BCUT2D eigenvalue weighted by molar-refractivity contribution is 7.92. The zero-order chi connectivity index (χ0) is 23.3. The fraction of sp³-hybridized carbons (Fsp3) is 0.458. The number of hydrogen-bond donors (Lipinski definition) is 1. The summed E-state index contributed by atoms with van der Waals surface area (Å²) in [5.74, 6) is 0.663. The summed E-state index contributed by atoms with van der Waals surface area (Å²) >= 11 is 0. The number of nitrogens with one attached hydrogen (secondary N) is 1. The van der Waals surface area contributed by atoms with Crippen molar-refractivity contribution in [3.63, 3.8) is 0 Å². The average Bonchev–Trinajstić information content (AvgIpc) is 2.81. The van der Waals surface area contributed by atoms with Crippen molar-refractivity contribution in [3.05, 3.63) is 53.6 Å². The highest BCUT2D eigenvalue weighted by Crippen LogP contribution is 2.34. The lowest BCUT2D eigenvalue weighted by Crippen LogP contribution is -2.40. The Morgan fingerprint density at radius 3 is 2.42 bits per heavy atom. The molecule has 4 rings (SSSR count). The van der Waals surface area contributed by atoms with Gasteiger partial charge in [0.1, 0.15) is 19.8 Å². The zero-order valence-corrected chi connectivity index (χ0v) is 19.8. The van der Waals surface area contributed by atoms with Crippen LogP contribution in [0.1, 0.15) is 30.4 Å². The summed E-state index contributed by atoms with van der Waals surface area (Å²) < 4.78 is 37.1. The van der Waals surface area contributed by atoms with Crippen LogP contribution < -0.4 is 19.1 Å². The van der Waals surface area contributed by atoms with E-state index < -0.39 is 10.0 Å². The van der Waals surface area contributed by atoms with Gasteiger partial charge in [-0.2, -0.15) is 0 Å². The quantitative estimate of drug-likeness (QED) is 0.634. The average molecular weight is 474 g/mol. The third-order valence-corrected chi connectivity index (χ3v) is 7.08. The molecule has 1 saturated heterocycles. The predicted molar refractivity (Wildman–Crippen MR) is 127 cm³/mol. The van der Waals surface area contributed by atoms with E-state index in [1.54, 1.807) is 18.2 Å². The Bertz CT molecular complexity index is 1080.